The zero-order chi connectivity index (χ0) is 24.0. The molecule has 0 spiro atoms. The zero-order valence-electron chi connectivity index (χ0n) is 19.0. The molecule has 0 atom stereocenters. The molecule has 0 aliphatic carbocycles. The van der Waals surface area contributed by atoms with Gasteiger partial charge in [0.15, 0.2) is 5.11 Å². The summed E-state index contributed by atoms with van der Waals surface area (Å²) in [5.41, 5.74) is 6.82. The molecule has 0 heterocycles. The minimum Gasteiger partial charge on any atom is -0.375 e. The van der Waals surface area contributed by atoms with Crippen molar-refractivity contribution in [2.24, 2.45) is 11.6 Å². The smallest absolute Gasteiger partial charge is 0.375 e. The molecule has 0 saturated carbocycles. The maximum absolute atomic E-state index is 12.0. The van der Waals surface area contributed by atoms with Gasteiger partial charge in [0.25, 0.3) is 0 Å². The number of Topliss-reactive ketones (excluding diaryl/α,β-unsaturated/α-hetero) is 2. The zero-order valence-corrected chi connectivity index (χ0v) is 19.9. The van der Waals surface area contributed by atoms with E-state index in [0.717, 1.165) is 19.3 Å². The van der Waals surface area contributed by atoms with Gasteiger partial charge in [0.2, 0.25) is 5.78 Å². The lowest BCUT2D eigenvalue weighted by Crippen LogP contribution is -2.34. The van der Waals surface area contributed by atoms with Crippen molar-refractivity contribution in [1.82, 2.24) is 5.43 Å². The van der Waals surface area contributed by atoms with Crippen LogP contribution in [0, 0.1) is 0 Å². The largest absolute Gasteiger partial charge is 0.450 e. The van der Waals surface area contributed by atoms with Gasteiger partial charge in [-0.25, -0.2) is 5.84 Å². The number of nitrogens with one attached hydrogen (secondary N) is 1. The van der Waals surface area contributed by atoms with Crippen LogP contribution in [0.25, 0.3) is 0 Å². The van der Waals surface area contributed by atoms with Crippen molar-refractivity contribution in [3.05, 3.63) is 0 Å². The summed E-state index contributed by atoms with van der Waals surface area (Å²) in [4.78, 5) is 22.0. The Hall–Kier alpha value is -1.22. The summed E-state index contributed by atoms with van der Waals surface area (Å²) in [6, 6.07) is 0. The molecule has 0 aromatic rings. The van der Waals surface area contributed by atoms with Crippen LogP contribution >= 0.6 is 12.2 Å². The van der Waals surface area contributed by atoms with E-state index in [1.54, 1.807) is 0 Å². The van der Waals surface area contributed by atoms with E-state index in [4.69, 9.17) is 5.73 Å². The van der Waals surface area contributed by atoms with Crippen LogP contribution in [-0.2, 0) is 9.59 Å². The topological polar surface area (TPSA) is 98.2 Å². The van der Waals surface area contributed by atoms with Crippen molar-refractivity contribution in [2.45, 2.75) is 122 Å². The summed E-state index contributed by atoms with van der Waals surface area (Å²) >= 11 is 4.24. The Morgan fingerprint density at radius 2 is 1.10 bits per heavy atom. The Balaban J connectivity index is 0. The molecule has 0 fully saturated rings. The molecule has 0 rings (SSSR count). The lowest BCUT2D eigenvalue weighted by Gasteiger charge is -2.05. The maximum Gasteiger partial charge on any atom is 0.450 e. The monoisotopic (exact) mass is 469 g/mol. The highest BCUT2D eigenvalue weighted by molar-refractivity contribution is 7.80. The Bertz CT molecular complexity index is 475. The normalized spacial score (nSPS) is 10.9. The van der Waals surface area contributed by atoms with Crippen LogP contribution in [0.3, 0.4) is 0 Å². The Morgan fingerprint density at radius 1 is 0.774 bits per heavy atom. The Morgan fingerprint density at radius 3 is 1.39 bits per heavy atom. The van der Waals surface area contributed by atoms with Crippen LogP contribution in [0.1, 0.15) is 116 Å². The average Bonchev–Trinajstić information content (AvgIpc) is 2.70. The SMILES string of the molecule is CCCCCCCCCCCCCCCCCC(=O)CC(=O)C(F)(F)F.NNC(N)=S. The molecular formula is C22H42F3N3O2S. The first-order valence-electron chi connectivity index (χ1n) is 11.5. The molecule has 0 aliphatic rings. The highest BCUT2D eigenvalue weighted by atomic mass is 32.1. The number of alkyl halides is 3. The van der Waals surface area contributed by atoms with Gasteiger partial charge in [0, 0.05) is 6.42 Å². The summed E-state index contributed by atoms with van der Waals surface area (Å²) in [7, 11) is 0. The maximum atomic E-state index is 12.0. The molecule has 0 aromatic carbocycles. The molecule has 0 aromatic heterocycles. The third kappa shape index (κ3) is 26.7. The van der Waals surface area contributed by atoms with Crippen molar-refractivity contribution in [3.8, 4) is 0 Å². The minimum absolute atomic E-state index is 0.0834. The van der Waals surface area contributed by atoms with Crippen LogP contribution in [0.2, 0.25) is 0 Å². The lowest BCUT2D eigenvalue weighted by molar-refractivity contribution is -0.171. The molecule has 5 N–H and O–H groups in total. The van der Waals surface area contributed by atoms with E-state index in [0.29, 0.717) is 6.42 Å². The minimum atomic E-state index is -4.88. The van der Waals surface area contributed by atoms with Crippen LogP contribution in [0.4, 0.5) is 13.2 Å². The lowest BCUT2D eigenvalue weighted by atomic mass is 10.0. The highest BCUT2D eigenvalue weighted by Gasteiger charge is 2.38. The molecule has 0 unspecified atom stereocenters. The standard InChI is InChI=1S/C21H37F3O2.CH5N3S/c1-2-3-4-5-6-7-8-9-10-11-12-13-14-15-16-17-19(25)18-20(26)21(22,23)24;2-1(5)4-3/h2-18H2,1H3;3H2,(H3,2,4,5). The molecule has 0 bridgehead atoms. The van der Waals surface area contributed by atoms with E-state index < -0.39 is 24.2 Å². The van der Waals surface area contributed by atoms with Gasteiger partial charge in [-0.2, -0.15) is 13.2 Å². The molecular weight excluding hydrogens is 427 g/mol. The van der Waals surface area contributed by atoms with E-state index in [9.17, 15) is 22.8 Å². The third-order valence-corrected chi connectivity index (χ3v) is 4.99. The van der Waals surface area contributed by atoms with Gasteiger partial charge < -0.3 is 11.2 Å². The van der Waals surface area contributed by atoms with Gasteiger partial charge in [-0.1, -0.05) is 96.8 Å². The second kappa shape index (κ2) is 22.0. The molecule has 0 radical (unpaired) electrons. The second-order valence-corrected chi connectivity index (χ2v) is 8.28. The van der Waals surface area contributed by atoms with Crippen LogP contribution < -0.4 is 17.0 Å². The van der Waals surface area contributed by atoms with Gasteiger partial charge in [0.05, 0.1) is 6.42 Å². The molecule has 0 aliphatic heterocycles. The average molecular weight is 470 g/mol. The first kappa shape index (κ1) is 32.0. The summed E-state index contributed by atoms with van der Waals surface area (Å²) in [5.74, 6) is 2.13. The quantitative estimate of drug-likeness (QED) is 0.0745. The number of hydrazine groups is 1. The van der Waals surface area contributed by atoms with Gasteiger partial charge in [-0.3, -0.25) is 9.59 Å². The fourth-order valence-electron chi connectivity index (χ4n) is 3.06. The highest BCUT2D eigenvalue weighted by Crippen LogP contribution is 2.19. The van der Waals surface area contributed by atoms with Gasteiger partial charge in [0.1, 0.15) is 5.78 Å². The van der Waals surface area contributed by atoms with Crippen molar-refractivity contribution in [2.75, 3.05) is 0 Å². The number of rotatable bonds is 18. The van der Waals surface area contributed by atoms with Crippen LogP contribution in [-0.4, -0.2) is 22.9 Å². The summed E-state index contributed by atoms with van der Waals surface area (Å²) in [5, 5.41) is 0.116. The fourth-order valence-corrected chi connectivity index (χ4v) is 3.06. The number of unbranched alkanes of at least 4 members (excludes halogenated alkanes) is 14. The van der Waals surface area contributed by atoms with Crippen LogP contribution in [0.15, 0.2) is 0 Å². The van der Waals surface area contributed by atoms with E-state index in [1.165, 1.54) is 70.6 Å². The van der Waals surface area contributed by atoms with Crippen molar-refractivity contribution >= 4 is 28.9 Å². The van der Waals surface area contributed by atoms with Gasteiger partial charge >= 0.3 is 6.18 Å². The van der Waals surface area contributed by atoms with Gasteiger partial charge in [-0.15, -0.1) is 0 Å². The number of hydrogen-bond acceptors (Lipinski definition) is 4. The van der Waals surface area contributed by atoms with Crippen LogP contribution in [0.5, 0.6) is 0 Å². The van der Waals surface area contributed by atoms with Crippen molar-refractivity contribution in [1.29, 1.82) is 0 Å². The van der Waals surface area contributed by atoms with E-state index in [1.807, 2.05) is 5.43 Å². The van der Waals surface area contributed by atoms with Crippen molar-refractivity contribution in [3.63, 3.8) is 0 Å². The number of nitrogens with two attached hydrogens (primary N) is 2. The van der Waals surface area contributed by atoms with Crippen molar-refractivity contribution < 1.29 is 22.8 Å². The number of carbonyl (C=O) groups is 2. The fraction of sp³-hybridized carbons (Fsp3) is 0.864. The predicted molar refractivity (Wildman–Crippen MR) is 124 cm³/mol. The molecule has 0 amide bonds. The van der Waals surface area contributed by atoms with Gasteiger partial charge in [-0.05, 0) is 18.6 Å². The number of carbonyl (C=O) groups excluding carboxylic acids is 2. The summed E-state index contributed by atoms with van der Waals surface area (Å²) in [6.07, 6.45) is 12.3. The number of halogens is 3. The molecule has 31 heavy (non-hydrogen) atoms. The molecule has 9 heteroatoms. The van der Waals surface area contributed by atoms with E-state index >= 15 is 0 Å². The Kier molecular flexibility index (Phi) is 22.7. The first-order chi connectivity index (χ1) is 14.6. The van der Waals surface area contributed by atoms with E-state index in [2.05, 4.69) is 25.0 Å². The molecule has 5 nitrogen and oxygen atoms in total. The number of ketones is 2. The summed E-state index contributed by atoms with van der Waals surface area (Å²) in [6.45, 7) is 2.24. The molecule has 184 valence electrons. The number of thiocarbonyl (C=S) groups is 1. The van der Waals surface area contributed by atoms with E-state index in [-0.39, 0.29) is 11.5 Å². The number of hydrogen-bond donors (Lipinski definition) is 3. The first-order valence-corrected chi connectivity index (χ1v) is 11.9. The molecule has 0 saturated heterocycles. The predicted octanol–water partition coefficient (Wildman–Crippen LogP) is 6.03. The second-order valence-electron chi connectivity index (χ2n) is 7.84. The Labute approximate surface area is 191 Å². The third-order valence-electron chi connectivity index (χ3n) is 4.88. The summed E-state index contributed by atoms with van der Waals surface area (Å²) < 4.78 is 36.1.